The van der Waals surface area contributed by atoms with Gasteiger partial charge in [-0.2, -0.15) is 0 Å². The van der Waals surface area contributed by atoms with Gasteiger partial charge in [0.05, 0.1) is 17.1 Å². The number of anilines is 1. The van der Waals surface area contributed by atoms with Gasteiger partial charge in [-0.25, -0.2) is 8.42 Å². The number of hydrogen-bond acceptors (Lipinski definition) is 4. The van der Waals surface area contributed by atoms with Crippen LogP contribution < -0.4 is 10.6 Å². The van der Waals surface area contributed by atoms with E-state index in [1.54, 1.807) is 13.1 Å². The van der Waals surface area contributed by atoms with Crippen molar-refractivity contribution in [2.24, 2.45) is 0 Å². The van der Waals surface area contributed by atoms with E-state index in [-0.39, 0.29) is 23.5 Å². The maximum Gasteiger partial charge on any atom is 0.253 e. The minimum absolute atomic E-state index is 0.0412. The van der Waals surface area contributed by atoms with Gasteiger partial charge in [0.2, 0.25) is 0 Å². The molecule has 0 spiro atoms. The van der Waals surface area contributed by atoms with Crippen molar-refractivity contribution in [1.82, 2.24) is 5.32 Å². The smallest absolute Gasteiger partial charge is 0.253 e. The summed E-state index contributed by atoms with van der Waals surface area (Å²) in [5.74, 6) is 0.0435. The molecule has 110 valence electrons. The van der Waals surface area contributed by atoms with Crippen LogP contribution in [0, 0.1) is 6.92 Å². The first-order chi connectivity index (χ1) is 9.41. The van der Waals surface area contributed by atoms with Gasteiger partial charge in [0.1, 0.15) is 0 Å². The predicted molar refractivity (Wildman–Crippen MR) is 79.9 cm³/mol. The second-order valence-electron chi connectivity index (χ2n) is 5.23. The Morgan fingerprint density at radius 2 is 2.10 bits per heavy atom. The number of amides is 1. The topological polar surface area (TPSA) is 75.3 Å². The SMILES string of the molecule is CNc1cc(C)ccc1C(=O)NC1CCCS(=O)(=O)C1. The van der Waals surface area contributed by atoms with E-state index in [2.05, 4.69) is 10.6 Å². The third-order valence-corrected chi connectivity index (χ3v) is 5.31. The van der Waals surface area contributed by atoms with Crippen molar-refractivity contribution >= 4 is 21.4 Å². The number of nitrogens with one attached hydrogen (secondary N) is 2. The molecule has 0 aromatic heterocycles. The Balaban J connectivity index is 2.12. The second kappa shape index (κ2) is 5.83. The van der Waals surface area contributed by atoms with Crippen molar-refractivity contribution in [1.29, 1.82) is 0 Å². The molecule has 1 heterocycles. The first-order valence-corrected chi connectivity index (χ1v) is 8.53. The van der Waals surface area contributed by atoms with Gasteiger partial charge in [0, 0.05) is 18.8 Å². The maximum absolute atomic E-state index is 12.3. The largest absolute Gasteiger partial charge is 0.387 e. The van der Waals surface area contributed by atoms with Gasteiger partial charge in [-0.3, -0.25) is 4.79 Å². The van der Waals surface area contributed by atoms with Gasteiger partial charge in [-0.05, 0) is 37.5 Å². The fraction of sp³-hybridized carbons (Fsp3) is 0.500. The highest BCUT2D eigenvalue weighted by Crippen LogP contribution is 2.18. The predicted octanol–water partition coefficient (Wildman–Crippen LogP) is 1.34. The van der Waals surface area contributed by atoms with Gasteiger partial charge in [0.25, 0.3) is 5.91 Å². The summed E-state index contributed by atoms with van der Waals surface area (Å²) in [6, 6.07) is 5.24. The number of carbonyl (C=O) groups is 1. The van der Waals surface area contributed by atoms with Crippen LogP contribution in [0.3, 0.4) is 0 Å². The van der Waals surface area contributed by atoms with Gasteiger partial charge in [-0.15, -0.1) is 0 Å². The Kier molecular flexibility index (Phi) is 4.32. The molecule has 20 heavy (non-hydrogen) atoms. The first kappa shape index (κ1) is 14.8. The van der Waals surface area contributed by atoms with Crippen molar-refractivity contribution in [2.75, 3.05) is 23.9 Å². The number of benzene rings is 1. The number of hydrogen-bond donors (Lipinski definition) is 2. The standard InChI is InChI=1S/C14H20N2O3S/c1-10-5-6-12(13(8-10)15-2)14(17)16-11-4-3-7-20(18,19)9-11/h5-6,8,11,15H,3-4,7,9H2,1-2H3,(H,16,17). The first-order valence-electron chi connectivity index (χ1n) is 6.71. The van der Waals surface area contributed by atoms with Gasteiger partial charge in [0.15, 0.2) is 9.84 Å². The van der Waals surface area contributed by atoms with Crippen LogP contribution in [-0.2, 0) is 9.84 Å². The minimum Gasteiger partial charge on any atom is -0.387 e. The molecule has 0 bridgehead atoms. The Labute approximate surface area is 119 Å². The highest BCUT2D eigenvalue weighted by Gasteiger charge is 2.26. The van der Waals surface area contributed by atoms with Gasteiger partial charge in [-0.1, -0.05) is 6.07 Å². The molecule has 1 aromatic carbocycles. The van der Waals surface area contributed by atoms with E-state index >= 15 is 0 Å². The maximum atomic E-state index is 12.3. The summed E-state index contributed by atoms with van der Waals surface area (Å²) in [6.45, 7) is 1.95. The molecule has 1 saturated heterocycles. The Hall–Kier alpha value is -1.56. The van der Waals surface area contributed by atoms with Crippen LogP contribution >= 0.6 is 0 Å². The summed E-state index contributed by atoms with van der Waals surface area (Å²) >= 11 is 0. The van der Waals surface area contributed by atoms with Crippen LogP contribution in [0.4, 0.5) is 5.69 Å². The average Bonchev–Trinajstić information content (AvgIpc) is 2.37. The Bertz CT molecular complexity index is 611. The molecule has 1 fully saturated rings. The summed E-state index contributed by atoms with van der Waals surface area (Å²) in [5, 5.41) is 5.82. The third-order valence-electron chi connectivity index (χ3n) is 3.49. The molecule has 1 unspecified atom stereocenters. The third kappa shape index (κ3) is 3.50. The summed E-state index contributed by atoms with van der Waals surface area (Å²) in [5.41, 5.74) is 2.35. The molecule has 1 atom stereocenters. The van der Waals surface area contributed by atoms with Crippen LogP contribution in [-0.4, -0.2) is 38.9 Å². The van der Waals surface area contributed by atoms with Crippen LogP contribution in [0.1, 0.15) is 28.8 Å². The molecular formula is C14H20N2O3S. The van der Waals surface area contributed by atoms with Crippen molar-refractivity contribution in [3.8, 4) is 0 Å². The van der Waals surface area contributed by atoms with Crippen LogP contribution in [0.5, 0.6) is 0 Å². The molecule has 0 saturated carbocycles. The van der Waals surface area contributed by atoms with Crippen LogP contribution in [0.25, 0.3) is 0 Å². The average molecular weight is 296 g/mol. The zero-order valence-corrected chi connectivity index (χ0v) is 12.6. The number of aryl methyl sites for hydroxylation is 1. The zero-order valence-electron chi connectivity index (χ0n) is 11.8. The van der Waals surface area contributed by atoms with E-state index in [9.17, 15) is 13.2 Å². The lowest BCUT2D eigenvalue weighted by Crippen LogP contribution is -2.43. The molecule has 1 amide bonds. The van der Waals surface area contributed by atoms with Gasteiger partial charge >= 0.3 is 0 Å². The Morgan fingerprint density at radius 3 is 2.75 bits per heavy atom. The Morgan fingerprint density at radius 1 is 1.35 bits per heavy atom. The molecular weight excluding hydrogens is 276 g/mol. The van der Waals surface area contributed by atoms with Crippen molar-refractivity contribution < 1.29 is 13.2 Å². The fourth-order valence-electron chi connectivity index (χ4n) is 2.46. The molecule has 1 aliphatic heterocycles. The molecule has 5 nitrogen and oxygen atoms in total. The minimum atomic E-state index is -3.01. The van der Waals surface area contributed by atoms with Crippen LogP contribution in [0.15, 0.2) is 18.2 Å². The monoisotopic (exact) mass is 296 g/mol. The highest BCUT2D eigenvalue weighted by molar-refractivity contribution is 7.91. The van der Waals surface area contributed by atoms with Gasteiger partial charge < -0.3 is 10.6 Å². The van der Waals surface area contributed by atoms with E-state index in [1.165, 1.54) is 0 Å². The lowest BCUT2D eigenvalue weighted by molar-refractivity contribution is 0.0939. The number of carbonyl (C=O) groups excluding carboxylic acids is 1. The van der Waals surface area contributed by atoms with Crippen molar-refractivity contribution in [2.45, 2.75) is 25.8 Å². The summed E-state index contributed by atoms with van der Waals surface area (Å²) in [4.78, 5) is 12.3. The van der Waals surface area contributed by atoms with E-state index in [0.717, 1.165) is 11.3 Å². The summed E-state index contributed by atoms with van der Waals surface area (Å²) in [6.07, 6.45) is 1.33. The van der Waals surface area contributed by atoms with E-state index in [4.69, 9.17) is 0 Å². The molecule has 0 aliphatic carbocycles. The van der Waals surface area contributed by atoms with Crippen molar-refractivity contribution in [3.63, 3.8) is 0 Å². The van der Waals surface area contributed by atoms with E-state index in [0.29, 0.717) is 18.4 Å². The summed E-state index contributed by atoms with van der Waals surface area (Å²) in [7, 11) is -1.25. The van der Waals surface area contributed by atoms with Crippen LogP contribution in [0.2, 0.25) is 0 Å². The molecule has 0 radical (unpaired) electrons. The quantitative estimate of drug-likeness (QED) is 0.882. The molecule has 2 N–H and O–H groups in total. The van der Waals surface area contributed by atoms with E-state index < -0.39 is 9.84 Å². The number of rotatable bonds is 3. The number of sulfone groups is 1. The van der Waals surface area contributed by atoms with E-state index in [1.807, 2.05) is 19.1 Å². The lowest BCUT2D eigenvalue weighted by Gasteiger charge is -2.23. The zero-order chi connectivity index (χ0) is 14.8. The molecule has 1 aromatic rings. The van der Waals surface area contributed by atoms with Crippen molar-refractivity contribution in [3.05, 3.63) is 29.3 Å². The fourth-order valence-corrected chi connectivity index (χ4v) is 4.10. The highest BCUT2D eigenvalue weighted by atomic mass is 32.2. The molecule has 6 heteroatoms. The molecule has 2 rings (SSSR count). The summed E-state index contributed by atoms with van der Waals surface area (Å²) < 4.78 is 23.2. The normalized spacial score (nSPS) is 21.2. The lowest BCUT2D eigenvalue weighted by atomic mass is 10.1. The second-order valence-corrected chi connectivity index (χ2v) is 7.45. The molecule has 1 aliphatic rings.